The lowest BCUT2D eigenvalue weighted by atomic mass is 10.1. The Balaban J connectivity index is 2.38. The van der Waals surface area contributed by atoms with E-state index in [1.54, 1.807) is 0 Å². The predicted octanol–water partition coefficient (Wildman–Crippen LogP) is 3.48. The molecule has 8 heteroatoms. The molecule has 0 heterocycles. The normalized spacial score (nSPS) is 16.3. The Hall–Kier alpha value is -2.06. The first-order chi connectivity index (χ1) is 14.6. The minimum Gasteiger partial charge on any atom is -0.480 e. The average Bonchev–Trinajstić information content (AvgIpc) is 3.51. The molecule has 1 rings (SSSR count). The highest BCUT2D eigenvalue weighted by molar-refractivity contribution is 7.99. The van der Waals surface area contributed by atoms with Gasteiger partial charge in [0, 0.05) is 11.5 Å². The van der Waals surface area contributed by atoms with Crippen molar-refractivity contribution in [3.05, 3.63) is 34.9 Å². The van der Waals surface area contributed by atoms with E-state index in [-0.39, 0.29) is 5.75 Å². The van der Waals surface area contributed by atoms with Gasteiger partial charge in [-0.05, 0) is 66.2 Å². The Morgan fingerprint density at radius 2 is 1.58 bits per heavy atom. The van der Waals surface area contributed by atoms with E-state index < -0.39 is 29.2 Å². The summed E-state index contributed by atoms with van der Waals surface area (Å²) in [5, 5.41) is 11.9. The molecule has 0 aromatic carbocycles. The number of thioether (sulfide) groups is 1. The molecule has 2 amide bonds. The maximum Gasteiger partial charge on any atom is 0.327 e. The monoisotopic (exact) mass is 451 g/mol. The smallest absolute Gasteiger partial charge is 0.327 e. The first-order valence-corrected chi connectivity index (χ1v) is 11.8. The molecule has 31 heavy (non-hydrogen) atoms. The van der Waals surface area contributed by atoms with Crippen LogP contribution in [0.4, 0.5) is 0 Å². The lowest BCUT2D eigenvalue weighted by Crippen LogP contribution is -2.51. The molecule has 1 saturated carbocycles. The maximum atomic E-state index is 12.3. The standard InChI is InChI=1S/C23H37N3O4S/c1-16(2)7-5-8-17(3)9-6-10-18(4)11-14-31-15-19(20(27)28)25-21(29)23(12-13-23)22(30)26-24/h7,9,11,19H,5-6,8,10,12-15,24H2,1-4H3,(H,25,29)(H,26,30)(H,27,28)/t19-/m0/s1. The molecule has 0 spiro atoms. The fourth-order valence-electron chi connectivity index (χ4n) is 3.02. The lowest BCUT2D eigenvalue weighted by Gasteiger charge is -2.18. The number of allylic oxidation sites excluding steroid dienone is 5. The molecule has 1 fully saturated rings. The molecule has 0 unspecified atom stereocenters. The van der Waals surface area contributed by atoms with Crippen LogP contribution in [0, 0.1) is 5.41 Å². The van der Waals surface area contributed by atoms with Gasteiger partial charge in [0.2, 0.25) is 11.8 Å². The third-order valence-electron chi connectivity index (χ3n) is 5.31. The number of carboxylic acids is 1. The fourth-order valence-corrected chi connectivity index (χ4v) is 4.02. The number of aliphatic carboxylic acids is 1. The van der Waals surface area contributed by atoms with Gasteiger partial charge >= 0.3 is 5.97 Å². The number of hydrazine groups is 1. The summed E-state index contributed by atoms with van der Waals surface area (Å²) >= 11 is 1.44. The van der Waals surface area contributed by atoms with Crippen molar-refractivity contribution in [3.8, 4) is 0 Å². The summed E-state index contributed by atoms with van der Waals surface area (Å²) in [6.45, 7) is 8.46. The highest BCUT2D eigenvalue weighted by Gasteiger charge is 2.56. The van der Waals surface area contributed by atoms with Crippen molar-refractivity contribution < 1.29 is 19.5 Å². The van der Waals surface area contributed by atoms with Gasteiger partial charge in [-0.2, -0.15) is 11.8 Å². The first kappa shape index (κ1) is 27.0. The molecule has 1 aliphatic rings. The van der Waals surface area contributed by atoms with Crippen molar-refractivity contribution in [2.45, 2.75) is 72.3 Å². The van der Waals surface area contributed by atoms with E-state index in [1.165, 1.54) is 28.5 Å². The van der Waals surface area contributed by atoms with Gasteiger partial charge in [-0.1, -0.05) is 34.9 Å². The number of nitrogens with one attached hydrogen (secondary N) is 2. The summed E-state index contributed by atoms with van der Waals surface area (Å²) in [7, 11) is 0. The van der Waals surface area contributed by atoms with E-state index in [9.17, 15) is 19.5 Å². The number of carbonyl (C=O) groups excluding carboxylic acids is 2. The van der Waals surface area contributed by atoms with E-state index in [2.05, 4.69) is 51.2 Å². The molecule has 7 nitrogen and oxygen atoms in total. The molecule has 0 aromatic rings. The van der Waals surface area contributed by atoms with Crippen LogP contribution in [0.15, 0.2) is 34.9 Å². The number of hydrogen-bond donors (Lipinski definition) is 4. The molecule has 0 radical (unpaired) electrons. The second-order valence-electron chi connectivity index (χ2n) is 8.42. The minimum absolute atomic E-state index is 0.231. The van der Waals surface area contributed by atoms with Crippen LogP contribution in [0.2, 0.25) is 0 Å². The third kappa shape index (κ3) is 9.74. The summed E-state index contributed by atoms with van der Waals surface area (Å²) in [5.41, 5.74) is 4.79. The Bertz CT molecular complexity index is 735. The van der Waals surface area contributed by atoms with Crippen molar-refractivity contribution in [3.63, 3.8) is 0 Å². The zero-order chi connectivity index (χ0) is 23.4. The Kier molecular flexibility index (Phi) is 11.6. The largest absolute Gasteiger partial charge is 0.480 e. The third-order valence-corrected chi connectivity index (χ3v) is 6.28. The highest BCUT2D eigenvalue weighted by Crippen LogP contribution is 2.46. The number of hydrogen-bond acceptors (Lipinski definition) is 5. The van der Waals surface area contributed by atoms with Gasteiger partial charge in [-0.15, -0.1) is 0 Å². The number of rotatable bonds is 14. The van der Waals surface area contributed by atoms with Gasteiger partial charge < -0.3 is 10.4 Å². The van der Waals surface area contributed by atoms with Gasteiger partial charge in [0.05, 0.1) is 0 Å². The van der Waals surface area contributed by atoms with Gasteiger partial charge in [0.15, 0.2) is 0 Å². The molecule has 174 valence electrons. The van der Waals surface area contributed by atoms with Crippen LogP contribution in [0.1, 0.15) is 66.2 Å². The van der Waals surface area contributed by atoms with Crippen LogP contribution in [-0.2, 0) is 14.4 Å². The van der Waals surface area contributed by atoms with Gasteiger partial charge in [-0.3, -0.25) is 15.0 Å². The van der Waals surface area contributed by atoms with E-state index >= 15 is 0 Å². The number of carboxylic acid groups (broad SMARTS) is 1. The summed E-state index contributed by atoms with van der Waals surface area (Å²) in [5.74, 6) is 3.78. The van der Waals surface area contributed by atoms with Crippen molar-refractivity contribution >= 4 is 29.5 Å². The number of nitrogens with two attached hydrogens (primary N) is 1. The topological polar surface area (TPSA) is 122 Å². The quantitative estimate of drug-likeness (QED) is 0.0801. The van der Waals surface area contributed by atoms with Gasteiger partial charge in [-0.25, -0.2) is 10.6 Å². The lowest BCUT2D eigenvalue weighted by molar-refractivity contribution is -0.144. The van der Waals surface area contributed by atoms with Gasteiger partial charge in [0.1, 0.15) is 11.5 Å². The van der Waals surface area contributed by atoms with E-state index in [0.29, 0.717) is 18.6 Å². The van der Waals surface area contributed by atoms with E-state index in [1.807, 2.05) is 5.43 Å². The van der Waals surface area contributed by atoms with Crippen molar-refractivity contribution in [2.24, 2.45) is 11.3 Å². The van der Waals surface area contributed by atoms with Crippen molar-refractivity contribution in [2.75, 3.05) is 11.5 Å². The highest BCUT2D eigenvalue weighted by atomic mass is 32.2. The van der Waals surface area contributed by atoms with Crippen LogP contribution in [0.3, 0.4) is 0 Å². The van der Waals surface area contributed by atoms with Crippen LogP contribution < -0.4 is 16.6 Å². The van der Waals surface area contributed by atoms with Crippen LogP contribution >= 0.6 is 11.8 Å². The first-order valence-electron chi connectivity index (χ1n) is 10.7. The molecule has 1 aliphatic carbocycles. The molecular formula is C23H37N3O4S. The molecule has 0 saturated heterocycles. The molecule has 5 N–H and O–H groups in total. The summed E-state index contributed by atoms with van der Waals surface area (Å²) in [6.07, 6.45) is 11.5. The molecule has 1 atom stereocenters. The average molecular weight is 452 g/mol. The number of amides is 2. The summed E-state index contributed by atoms with van der Waals surface area (Å²) < 4.78 is 0. The van der Waals surface area contributed by atoms with E-state index in [0.717, 1.165) is 25.7 Å². The summed E-state index contributed by atoms with van der Waals surface area (Å²) in [6, 6.07) is -1.04. The molecule has 0 aromatic heterocycles. The van der Waals surface area contributed by atoms with Crippen LogP contribution in [-0.4, -0.2) is 40.4 Å². The SMILES string of the molecule is CC(C)=CCCC(C)=CCCC(C)=CCSC[C@H](NC(=O)C1(C(=O)NN)CC1)C(=O)O. The Morgan fingerprint density at radius 1 is 1.00 bits per heavy atom. The van der Waals surface area contributed by atoms with Crippen LogP contribution in [0.25, 0.3) is 0 Å². The Morgan fingerprint density at radius 3 is 2.10 bits per heavy atom. The van der Waals surface area contributed by atoms with Crippen molar-refractivity contribution in [1.29, 1.82) is 0 Å². The summed E-state index contributed by atoms with van der Waals surface area (Å²) in [4.78, 5) is 35.6. The zero-order valence-corrected chi connectivity index (χ0v) is 19.9. The molecular weight excluding hydrogens is 414 g/mol. The minimum atomic E-state index is -1.21. The molecule has 0 bridgehead atoms. The second kappa shape index (κ2) is 13.4. The van der Waals surface area contributed by atoms with Gasteiger partial charge in [0.25, 0.3) is 0 Å². The van der Waals surface area contributed by atoms with Crippen molar-refractivity contribution in [1.82, 2.24) is 10.7 Å². The Labute approximate surface area is 190 Å². The predicted molar refractivity (Wildman–Crippen MR) is 126 cm³/mol. The number of carbonyl (C=O) groups is 3. The maximum absolute atomic E-state index is 12.3. The molecule has 0 aliphatic heterocycles. The second-order valence-corrected chi connectivity index (χ2v) is 9.49. The van der Waals surface area contributed by atoms with E-state index in [4.69, 9.17) is 5.84 Å². The zero-order valence-electron chi connectivity index (χ0n) is 19.1. The van der Waals surface area contributed by atoms with Crippen LogP contribution in [0.5, 0.6) is 0 Å². The fraction of sp³-hybridized carbons (Fsp3) is 0.609.